The summed E-state index contributed by atoms with van der Waals surface area (Å²) in [5.41, 5.74) is 1.85. The van der Waals surface area contributed by atoms with Gasteiger partial charge in [0, 0.05) is 28.9 Å². The van der Waals surface area contributed by atoms with Crippen molar-refractivity contribution in [2.75, 3.05) is 17.4 Å². The van der Waals surface area contributed by atoms with Crippen molar-refractivity contribution in [1.82, 2.24) is 0 Å². The first-order valence-corrected chi connectivity index (χ1v) is 7.81. The van der Waals surface area contributed by atoms with Crippen LogP contribution < -0.4 is 20.1 Å². The van der Waals surface area contributed by atoms with Gasteiger partial charge >= 0.3 is 0 Å². The second kappa shape index (κ2) is 5.88. The molecule has 0 aromatic heterocycles. The Morgan fingerprint density at radius 3 is 2.33 bits per heavy atom. The van der Waals surface area contributed by atoms with E-state index in [4.69, 9.17) is 9.47 Å². The highest BCUT2D eigenvalue weighted by atomic mass is 16.7. The molecule has 6 heteroatoms. The Morgan fingerprint density at radius 1 is 0.875 bits per heavy atom. The normalized spacial score (nSPS) is 15.0. The molecule has 0 saturated heterocycles. The lowest BCUT2D eigenvalue weighted by Gasteiger charge is -2.08. The summed E-state index contributed by atoms with van der Waals surface area (Å²) >= 11 is 0. The Kier molecular flexibility index (Phi) is 3.57. The number of rotatable bonds is 4. The topological polar surface area (TPSA) is 76.7 Å². The molecule has 2 aliphatic rings. The molecular formula is C18H16N2O4. The van der Waals surface area contributed by atoms with Crippen LogP contribution in [-0.2, 0) is 4.79 Å². The number of fused-ring (bicyclic) bond motifs is 1. The second-order valence-corrected chi connectivity index (χ2v) is 5.86. The summed E-state index contributed by atoms with van der Waals surface area (Å²) in [7, 11) is 0. The minimum absolute atomic E-state index is 0.0487. The summed E-state index contributed by atoms with van der Waals surface area (Å²) in [4.78, 5) is 24.0. The minimum atomic E-state index is -0.228. The van der Waals surface area contributed by atoms with Gasteiger partial charge in [0.1, 0.15) is 0 Å². The molecule has 1 fully saturated rings. The number of carbonyl (C=O) groups excluding carboxylic acids is 2. The number of anilines is 2. The van der Waals surface area contributed by atoms with Crippen LogP contribution in [0.5, 0.6) is 11.5 Å². The van der Waals surface area contributed by atoms with E-state index in [1.54, 1.807) is 42.5 Å². The molecule has 4 rings (SSSR count). The standard InChI is InChI=1S/C18H16N2O4/c21-17(11-1-2-11)19-13-5-3-12(4-6-13)18(22)20-14-7-8-15-16(9-14)24-10-23-15/h3-9,11H,1-2,10H2,(H,19,21)(H,20,22). The van der Waals surface area contributed by atoms with Crippen LogP contribution in [0.25, 0.3) is 0 Å². The lowest BCUT2D eigenvalue weighted by atomic mass is 10.2. The Balaban J connectivity index is 1.41. The third kappa shape index (κ3) is 3.03. The number of amides is 2. The van der Waals surface area contributed by atoms with Gasteiger partial charge in [-0.3, -0.25) is 9.59 Å². The van der Waals surface area contributed by atoms with Crippen LogP contribution in [0.1, 0.15) is 23.2 Å². The van der Waals surface area contributed by atoms with Crippen molar-refractivity contribution in [3.05, 3.63) is 48.0 Å². The fourth-order valence-corrected chi connectivity index (χ4v) is 2.47. The van der Waals surface area contributed by atoms with Crippen LogP contribution in [0.2, 0.25) is 0 Å². The fraction of sp³-hybridized carbons (Fsp3) is 0.222. The number of ether oxygens (including phenoxy) is 2. The van der Waals surface area contributed by atoms with Crippen molar-refractivity contribution in [2.24, 2.45) is 5.92 Å². The highest BCUT2D eigenvalue weighted by molar-refractivity contribution is 6.05. The minimum Gasteiger partial charge on any atom is -0.454 e. The fourth-order valence-electron chi connectivity index (χ4n) is 2.47. The van der Waals surface area contributed by atoms with E-state index in [0.29, 0.717) is 28.4 Å². The number of hydrogen-bond acceptors (Lipinski definition) is 4. The Morgan fingerprint density at radius 2 is 1.58 bits per heavy atom. The number of carbonyl (C=O) groups is 2. The average molecular weight is 324 g/mol. The van der Waals surface area contributed by atoms with Crippen LogP contribution in [-0.4, -0.2) is 18.6 Å². The molecule has 6 nitrogen and oxygen atoms in total. The zero-order chi connectivity index (χ0) is 16.5. The summed E-state index contributed by atoms with van der Waals surface area (Å²) in [5.74, 6) is 1.26. The van der Waals surface area contributed by atoms with Crippen LogP contribution in [0, 0.1) is 5.92 Å². The summed E-state index contributed by atoms with van der Waals surface area (Å²) in [6.07, 6.45) is 1.92. The molecular weight excluding hydrogens is 308 g/mol. The first-order valence-electron chi connectivity index (χ1n) is 7.81. The van der Waals surface area contributed by atoms with Crippen LogP contribution in [0.15, 0.2) is 42.5 Å². The van der Waals surface area contributed by atoms with E-state index in [0.717, 1.165) is 12.8 Å². The molecule has 0 bridgehead atoms. The molecule has 0 spiro atoms. The predicted octanol–water partition coefficient (Wildman–Crippen LogP) is 3.02. The van der Waals surface area contributed by atoms with E-state index in [1.807, 2.05) is 0 Å². The lowest BCUT2D eigenvalue weighted by Crippen LogP contribution is -2.14. The molecule has 2 N–H and O–H groups in total. The SMILES string of the molecule is O=C(Nc1ccc2c(c1)OCO2)c1ccc(NC(=O)C2CC2)cc1. The van der Waals surface area contributed by atoms with Gasteiger partial charge in [-0.05, 0) is 49.2 Å². The third-order valence-corrected chi connectivity index (χ3v) is 3.99. The first-order chi connectivity index (χ1) is 11.7. The number of hydrogen-bond donors (Lipinski definition) is 2. The van der Waals surface area contributed by atoms with E-state index in [1.165, 1.54) is 0 Å². The van der Waals surface area contributed by atoms with Crippen LogP contribution >= 0.6 is 0 Å². The zero-order valence-corrected chi connectivity index (χ0v) is 12.9. The smallest absolute Gasteiger partial charge is 0.255 e. The molecule has 1 heterocycles. The Labute approximate surface area is 138 Å². The molecule has 2 aromatic carbocycles. The van der Waals surface area contributed by atoms with E-state index in [-0.39, 0.29) is 24.5 Å². The molecule has 0 atom stereocenters. The van der Waals surface area contributed by atoms with Crippen molar-refractivity contribution in [3.8, 4) is 11.5 Å². The van der Waals surface area contributed by atoms with Gasteiger partial charge in [-0.2, -0.15) is 0 Å². The molecule has 1 aliphatic heterocycles. The van der Waals surface area contributed by atoms with Gasteiger partial charge in [-0.15, -0.1) is 0 Å². The summed E-state index contributed by atoms with van der Waals surface area (Å²) in [6, 6.07) is 12.1. The maximum absolute atomic E-state index is 12.3. The largest absolute Gasteiger partial charge is 0.454 e. The lowest BCUT2D eigenvalue weighted by molar-refractivity contribution is -0.117. The van der Waals surface area contributed by atoms with Crippen molar-refractivity contribution >= 4 is 23.2 Å². The highest BCUT2D eigenvalue weighted by Crippen LogP contribution is 2.34. The molecule has 0 radical (unpaired) electrons. The van der Waals surface area contributed by atoms with Gasteiger partial charge in [0.15, 0.2) is 11.5 Å². The van der Waals surface area contributed by atoms with Crippen LogP contribution in [0.4, 0.5) is 11.4 Å². The number of nitrogens with one attached hydrogen (secondary N) is 2. The van der Waals surface area contributed by atoms with Crippen molar-refractivity contribution < 1.29 is 19.1 Å². The maximum Gasteiger partial charge on any atom is 0.255 e. The molecule has 2 amide bonds. The Bertz CT molecular complexity index is 797. The van der Waals surface area contributed by atoms with Gasteiger partial charge < -0.3 is 20.1 Å². The highest BCUT2D eigenvalue weighted by Gasteiger charge is 2.29. The van der Waals surface area contributed by atoms with Crippen molar-refractivity contribution in [3.63, 3.8) is 0 Å². The summed E-state index contributed by atoms with van der Waals surface area (Å²) in [5, 5.41) is 5.66. The predicted molar refractivity (Wildman–Crippen MR) is 88.3 cm³/mol. The first kappa shape index (κ1) is 14.6. The van der Waals surface area contributed by atoms with E-state index < -0.39 is 0 Å². The van der Waals surface area contributed by atoms with E-state index >= 15 is 0 Å². The van der Waals surface area contributed by atoms with Gasteiger partial charge in [-0.1, -0.05) is 0 Å². The molecule has 122 valence electrons. The van der Waals surface area contributed by atoms with Gasteiger partial charge in [0.25, 0.3) is 5.91 Å². The third-order valence-electron chi connectivity index (χ3n) is 3.99. The molecule has 0 unspecified atom stereocenters. The summed E-state index contributed by atoms with van der Waals surface area (Å²) < 4.78 is 10.5. The molecule has 1 saturated carbocycles. The molecule has 2 aromatic rings. The monoisotopic (exact) mass is 324 g/mol. The van der Waals surface area contributed by atoms with Gasteiger partial charge in [0.2, 0.25) is 12.7 Å². The average Bonchev–Trinajstić information content (AvgIpc) is 3.34. The van der Waals surface area contributed by atoms with Crippen molar-refractivity contribution in [1.29, 1.82) is 0 Å². The van der Waals surface area contributed by atoms with Crippen molar-refractivity contribution in [2.45, 2.75) is 12.8 Å². The Hall–Kier alpha value is -3.02. The van der Waals surface area contributed by atoms with Gasteiger partial charge in [-0.25, -0.2) is 0 Å². The number of benzene rings is 2. The zero-order valence-electron chi connectivity index (χ0n) is 12.9. The quantitative estimate of drug-likeness (QED) is 0.906. The summed E-state index contributed by atoms with van der Waals surface area (Å²) in [6.45, 7) is 0.195. The maximum atomic E-state index is 12.3. The van der Waals surface area contributed by atoms with E-state index in [9.17, 15) is 9.59 Å². The molecule has 24 heavy (non-hydrogen) atoms. The van der Waals surface area contributed by atoms with Crippen LogP contribution in [0.3, 0.4) is 0 Å². The molecule has 1 aliphatic carbocycles. The second-order valence-electron chi connectivity index (χ2n) is 5.86. The van der Waals surface area contributed by atoms with E-state index in [2.05, 4.69) is 10.6 Å². The van der Waals surface area contributed by atoms with Gasteiger partial charge in [0.05, 0.1) is 0 Å².